The van der Waals surface area contributed by atoms with Crippen LogP contribution in [0.25, 0.3) is 6.08 Å². The van der Waals surface area contributed by atoms with Gasteiger partial charge in [-0.05, 0) is 24.3 Å². The predicted octanol–water partition coefficient (Wildman–Crippen LogP) is 4.09. The van der Waals surface area contributed by atoms with Crippen molar-refractivity contribution in [3.63, 3.8) is 0 Å². The third-order valence-electron chi connectivity index (χ3n) is 2.65. The summed E-state index contributed by atoms with van der Waals surface area (Å²) in [7, 11) is 0. The van der Waals surface area contributed by atoms with Gasteiger partial charge in [0.2, 0.25) is 5.78 Å². The molecule has 1 heterocycles. The van der Waals surface area contributed by atoms with Crippen LogP contribution in [0.2, 0.25) is 0 Å². The van der Waals surface area contributed by atoms with Crippen molar-refractivity contribution >= 4 is 11.9 Å². The van der Waals surface area contributed by atoms with Crippen molar-refractivity contribution < 1.29 is 22.4 Å². The number of rotatable bonds is 3. The molecule has 0 aliphatic carbocycles. The number of alkyl halides is 3. The average Bonchev–Trinajstić information content (AvgIpc) is 2.96. The summed E-state index contributed by atoms with van der Waals surface area (Å²) in [6.45, 7) is 0. The van der Waals surface area contributed by atoms with E-state index in [9.17, 15) is 18.0 Å². The van der Waals surface area contributed by atoms with Gasteiger partial charge in [-0.25, -0.2) is 0 Å². The Kier molecular flexibility index (Phi) is 3.94. The molecule has 0 aliphatic heterocycles. The molecule has 0 N–H and O–H groups in total. The van der Waals surface area contributed by atoms with Gasteiger partial charge < -0.3 is 4.42 Å². The lowest BCUT2D eigenvalue weighted by molar-refractivity contribution is -0.137. The number of carbonyl (C=O) groups is 1. The van der Waals surface area contributed by atoms with Crippen molar-refractivity contribution in [2.45, 2.75) is 6.18 Å². The van der Waals surface area contributed by atoms with E-state index in [4.69, 9.17) is 9.68 Å². The SMILES string of the molecule is N#C/C(=C\c1ccco1)C(=O)c1cccc(C(F)(F)F)c1. The maximum absolute atomic E-state index is 12.6. The number of Topliss-reactive ketones (excluding diaryl/α,β-unsaturated/α-hetero) is 1. The first-order chi connectivity index (χ1) is 9.91. The van der Waals surface area contributed by atoms with E-state index in [1.165, 1.54) is 24.5 Å². The fourth-order valence-electron chi connectivity index (χ4n) is 1.66. The Morgan fingerprint density at radius 2 is 2.00 bits per heavy atom. The molecule has 0 unspecified atom stereocenters. The minimum Gasteiger partial charge on any atom is -0.465 e. The highest BCUT2D eigenvalue weighted by Crippen LogP contribution is 2.30. The van der Waals surface area contributed by atoms with E-state index in [0.29, 0.717) is 0 Å². The van der Waals surface area contributed by atoms with Gasteiger partial charge in [0.25, 0.3) is 0 Å². The van der Waals surface area contributed by atoms with Crippen LogP contribution in [0.1, 0.15) is 21.7 Å². The number of hydrogen-bond acceptors (Lipinski definition) is 3. The number of benzene rings is 1. The zero-order chi connectivity index (χ0) is 15.5. The van der Waals surface area contributed by atoms with Gasteiger partial charge in [0, 0.05) is 11.6 Å². The van der Waals surface area contributed by atoms with E-state index >= 15 is 0 Å². The Morgan fingerprint density at radius 3 is 2.57 bits per heavy atom. The zero-order valence-corrected chi connectivity index (χ0v) is 10.5. The molecule has 0 amide bonds. The standard InChI is InChI=1S/C15H8F3NO2/c16-15(17,18)12-4-1-3-10(7-12)14(20)11(9-19)8-13-5-2-6-21-13/h1-8H/b11-8+. The molecule has 3 nitrogen and oxygen atoms in total. The van der Waals surface area contributed by atoms with Crippen molar-refractivity contribution in [3.05, 3.63) is 65.1 Å². The fourth-order valence-corrected chi connectivity index (χ4v) is 1.66. The molecule has 0 bridgehead atoms. The second kappa shape index (κ2) is 5.67. The first-order valence-corrected chi connectivity index (χ1v) is 5.79. The van der Waals surface area contributed by atoms with Crippen LogP contribution in [-0.2, 0) is 6.18 Å². The van der Waals surface area contributed by atoms with Gasteiger partial charge in [0.1, 0.15) is 17.4 Å². The number of carbonyl (C=O) groups excluding carboxylic acids is 1. The highest BCUT2D eigenvalue weighted by atomic mass is 19.4. The third-order valence-corrected chi connectivity index (χ3v) is 2.65. The molecule has 1 aromatic carbocycles. The van der Waals surface area contributed by atoms with E-state index < -0.39 is 17.5 Å². The van der Waals surface area contributed by atoms with E-state index in [0.717, 1.165) is 18.2 Å². The van der Waals surface area contributed by atoms with Crippen molar-refractivity contribution in [3.8, 4) is 6.07 Å². The molecule has 0 atom stereocenters. The van der Waals surface area contributed by atoms with Gasteiger partial charge in [-0.1, -0.05) is 12.1 Å². The Labute approximate surface area is 117 Å². The summed E-state index contributed by atoms with van der Waals surface area (Å²) in [6.07, 6.45) is -2.01. The number of halogens is 3. The van der Waals surface area contributed by atoms with Crippen LogP contribution in [0.5, 0.6) is 0 Å². The largest absolute Gasteiger partial charge is 0.465 e. The molecule has 0 radical (unpaired) electrons. The Hall–Kier alpha value is -2.81. The van der Waals surface area contributed by atoms with Crippen molar-refractivity contribution in [2.24, 2.45) is 0 Å². The molecule has 106 valence electrons. The summed E-state index contributed by atoms with van der Waals surface area (Å²) in [5, 5.41) is 8.98. The van der Waals surface area contributed by atoms with Crippen LogP contribution in [0.3, 0.4) is 0 Å². The van der Waals surface area contributed by atoms with Crippen LogP contribution in [0.15, 0.2) is 52.7 Å². The molecule has 0 aliphatic rings. The molecule has 21 heavy (non-hydrogen) atoms. The predicted molar refractivity (Wildman–Crippen MR) is 68.1 cm³/mol. The topological polar surface area (TPSA) is 54.0 Å². The number of nitriles is 1. The minimum absolute atomic E-state index is 0.204. The maximum Gasteiger partial charge on any atom is 0.416 e. The Morgan fingerprint density at radius 1 is 1.24 bits per heavy atom. The zero-order valence-electron chi connectivity index (χ0n) is 10.5. The second-order valence-electron chi connectivity index (χ2n) is 4.09. The molecule has 1 aromatic heterocycles. The monoisotopic (exact) mass is 291 g/mol. The quantitative estimate of drug-likeness (QED) is 0.486. The normalized spacial score (nSPS) is 12.0. The highest BCUT2D eigenvalue weighted by molar-refractivity contribution is 6.13. The number of ketones is 1. The fraction of sp³-hybridized carbons (Fsp3) is 0.0667. The lowest BCUT2D eigenvalue weighted by atomic mass is 10.0. The molecular formula is C15H8F3NO2. The number of furan rings is 1. The van der Waals surface area contributed by atoms with Crippen LogP contribution < -0.4 is 0 Å². The van der Waals surface area contributed by atoms with E-state index in [-0.39, 0.29) is 16.9 Å². The molecule has 0 fully saturated rings. The van der Waals surface area contributed by atoms with Crippen LogP contribution in [-0.4, -0.2) is 5.78 Å². The van der Waals surface area contributed by atoms with Crippen molar-refractivity contribution in [1.29, 1.82) is 5.26 Å². The molecule has 2 rings (SSSR count). The number of allylic oxidation sites excluding steroid dienone is 1. The van der Waals surface area contributed by atoms with Crippen LogP contribution >= 0.6 is 0 Å². The summed E-state index contributed by atoms with van der Waals surface area (Å²) in [6, 6.07) is 8.68. The highest BCUT2D eigenvalue weighted by Gasteiger charge is 2.31. The summed E-state index contributed by atoms with van der Waals surface area (Å²) < 4.78 is 42.8. The first kappa shape index (κ1) is 14.6. The molecule has 0 spiro atoms. The summed E-state index contributed by atoms with van der Waals surface area (Å²) in [4.78, 5) is 12.1. The average molecular weight is 291 g/mol. The second-order valence-corrected chi connectivity index (χ2v) is 4.09. The van der Waals surface area contributed by atoms with Gasteiger partial charge in [-0.3, -0.25) is 4.79 Å². The van der Waals surface area contributed by atoms with E-state index in [1.54, 1.807) is 12.1 Å². The van der Waals surface area contributed by atoms with Crippen LogP contribution in [0, 0.1) is 11.3 Å². The van der Waals surface area contributed by atoms with Crippen molar-refractivity contribution in [1.82, 2.24) is 0 Å². The van der Waals surface area contributed by atoms with Gasteiger partial charge in [-0.15, -0.1) is 0 Å². The third kappa shape index (κ3) is 3.39. The van der Waals surface area contributed by atoms with Gasteiger partial charge in [-0.2, -0.15) is 18.4 Å². The summed E-state index contributed by atoms with van der Waals surface area (Å²) in [5.74, 6) is -0.521. The smallest absolute Gasteiger partial charge is 0.416 e. The molecule has 2 aromatic rings. The summed E-state index contributed by atoms with van der Waals surface area (Å²) in [5.41, 5.74) is -1.45. The van der Waals surface area contributed by atoms with Gasteiger partial charge in [0.05, 0.1) is 11.8 Å². The Balaban J connectivity index is 2.38. The summed E-state index contributed by atoms with van der Waals surface area (Å²) >= 11 is 0. The number of hydrogen-bond donors (Lipinski definition) is 0. The molecular weight excluding hydrogens is 283 g/mol. The number of nitrogens with zero attached hydrogens (tertiary/aromatic N) is 1. The Bertz CT molecular complexity index is 722. The van der Waals surface area contributed by atoms with Crippen molar-refractivity contribution in [2.75, 3.05) is 0 Å². The minimum atomic E-state index is -4.55. The van der Waals surface area contributed by atoms with E-state index in [2.05, 4.69) is 0 Å². The van der Waals surface area contributed by atoms with Gasteiger partial charge >= 0.3 is 6.18 Å². The maximum atomic E-state index is 12.6. The van der Waals surface area contributed by atoms with Crippen LogP contribution in [0.4, 0.5) is 13.2 Å². The molecule has 6 heteroatoms. The van der Waals surface area contributed by atoms with Gasteiger partial charge in [0.15, 0.2) is 0 Å². The first-order valence-electron chi connectivity index (χ1n) is 5.79. The van der Waals surface area contributed by atoms with E-state index in [1.807, 2.05) is 0 Å². The molecule has 0 saturated carbocycles. The lowest BCUT2D eigenvalue weighted by Crippen LogP contribution is -2.08. The molecule has 0 saturated heterocycles. The lowest BCUT2D eigenvalue weighted by Gasteiger charge is -2.07.